The number of carbonyl (C=O) groups is 3. The molecule has 0 aliphatic carbocycles. The van der Waals surface area contributed by atoms with E-state index in [0.29, 0.717) is 11.3 Å². The van der Waals surface area contributed by atoms with E-state index in [1.165, 1.54) is 13.3 Å². The highest BCUT2D eigenvalue weighted by molar-refractivity contribution is 6.35. The molecule has 0 radical (unpaired) electrons. The zero-order valence-electron chi connectivity index (χ0n) is 15.5. The van der Waals surface area contributed by atoms with Crippen LogP contribution in [0, 0.1) is 0 Å². The van der Waals surface area contributed by atoms with Gasteiger partial charge in [-0.15, -0.1) is 0 Å². The lowest BCUT2D eigenvalue weighted by Crippen LogP contribution is -2.39. The molecule has 0 heterocycles. The van der Waals surface area contributed by atoms with E-state index in [2.05, 4.69) is 20.6 Å². The minimum Gasteiger partial charge on any atom is -0.482 e. The van der Waals surface area contributed by atoms with E-state index in [9.17, 15) is 14.4 Å². The fourth-order valence-corrected chi connectivity index (χ4v) is 2.15. The van der Waals surface area contributed by atoms with Gasteiger partial charge >= 0.3 is 17.8 Å². The number of nitrogens with one attached hydrogen (secondary N) is 2. The molecule has 2 rings (SSSR count). The molecule has 2 aromatic rings. The van der Waals surface area contributed by atoms with Crippen molar-refractivity contribution < 1.29 is 23.9 Å². The van der Waals surface area contributed by atoms with Crippen LogP contribution in [0.25, 0.3) is 0 Å². The molecule has 0 saturated heterocycles. The molecule has 0 aromatic heterocycles. The van der Waals surface area contributed by atoms with Gasteiger partial charge < -0.3 is 14.8 Å². The van der Waals surface area contributed by atoms with Gasteiger partial charge in [0.2, 0.25) is 0 Å². The van der Waals surface area contributed by atoms with E-state index < -0.39 is 17.8 Å². The molecule has 1 atom stereocenters. The van der Waals surface area contributed by atoms with Crippen LogP contribution in [-0.4, -0.2) is 37.7 Å². The van der Waals surface area contributed by atoms with Crippen LogP contribution in [0.4, 0.5) is 0 Å². The lowest BCUT2D eigenvalue weighted by Gasteiger charge is -2.13. The topological polar surface area (TPSA) is 106 Å². The van der Waals surface area contributed by atoms with Crippen LogP contribution < -0.4 is 15.5 Å². The molecule has 28 heavy (non-hydrogen) atoms. The Morgan fingerprint density at radius 1 is 1.04 bits per heavy atom. The summed E-state index contributed by atoms with van der Waals surface area (Å²) in [6.45, 7) is 1.60. The standard InChI is InChI=1S/C20H21N3O5/c1-14(16-6-4-3-5-7-16)22-19(25)20(26)23-21-12-15-8-10-17(11-9-15)28-13-18(24)27-2/h3-12,14H,13H2,1-2H3,(H,22,25)(H,23,26)/b21-12-/t14-/m0/s1. The van der Waals surface area contributed by atoms with Gasteiger partial charge in [-0.05, 0) is 42.3 Å². The van der Waals surface area contributed by atoms with Gasteiger partial charge in [-0.1, -0.05) is 30.3 Å². The maximum Gasteiger partial charge on any atom is 0.343 e. The maximum absolute atomic E-state index is 11.9. The Labute approximate surface area is 162 Å². The molecule has 0 spiro atoms. The van der Waals surface area contributed by atoms with E-state index >= 15 is 0 Å². The zero-order chi connectivity index (χ0) is 20.4. The van der Waals surface area contributed by atoms with Crippen LogP contribution >= 0.6 is 0 Å². The number of hydrazone groups is 1. The van der Waals surface area contributed by atoms with Crippen molar-refractivity contribution in [3.8, 4) is 5.75 Å². The normalized spacial score (nSPS) is 11.5. The second-order valence-electron chi connectivity index (χ2n) is 5.74. The average Bonchev–Trinajstić information content (AvgIpc) is 2.73. The lowest BCUT2D eigenvalue weighted by atomic mass is 10.1. The van der Waals surface area contributed by atoms with E-state index in [-0.39, 0.29) is 12.6 Å². The number of hydrogen-bond acceptors (Lipinski definition) is 6. The predicted octanol–water partition coefficient (Wildman–Crippen LogP) is 1.57. The van der Waals surface area contributed by atoms with Crippen LogP contribution in [0.2, 0.25) is 0 Å². The molecule has 2 aromatic carbocycles. The predicted molar refractivity (Wildman–Crippen MR) is 103 cm³/mol. The monoisotopic (exact) mass is 383 g/mol. The first-order chi connectivity index (χ1) is 13.5. The van der Waals surface area contributed by atoms with Gasteiger partial charge in [0.1, 0.15) is 5.75 Å². The van der Waals surface area contributed by atoms with Crippen molar-refractivity contribution >= 4 is 24.0 Å². The van der Waals surface area contributed by atoms with E-state index in [1.807, 2.05) is 30.3 Å². The van der Waals surface area contributed by atoms with Crippen molar-refractivity contribution in [2.24, 2.45) is 5.10 Å². The number of benzene rings is 2. The van der Waals surface area contributed by atoms with Gasteiger partial charge in [0.05, 0.1) is 19.4 Å². The number of carbonyl (C=O) groups excluding carboxylic acids is 3. The number of amides is 2. The van der Waals surface area contributed by atoms with Crippen molar-refractivity contribution in [1.82, 2.24) is 10.7 Å². The molecule has 0 saturated carbocycles. The van der Waals surface area contributed by atoms with Gasteiger partial charge in [0, 0.05) is 0 Å². The summed E-state index contributed by atoms with van der Waals surface area (Å²) in [6, 6.07) is 15.6. The SMILES string of the molecule is COC(=O)COc1ccc(/C=N\NC(=O)C(=O)N[C@@H](C)c2ccccc2)cc1. The molecular formula is C20H21N3O5. The Hall–Kier alpha value is -3.68. The number of ether oxygens (including phenoxy) is 2. The molecular weight excluding hydrogens is 362 g/mol. The number of esters is 1. The second-order valence-corrected chi connectivity index (χ2v) is 5.74. The molecule has 2 amide bonds. The largest absolute Gasteiger partial charge is 0.482 e. The molecule has 8 heteroatoms. The van der Waals surface area contributed by atoms with Gasteiger partial charge in [0.25, 0.3) is 0 Å². The smallest absolute Gasteiger partial charge is 0.343 e. The third kappa shape index (κ3) is 6.56. The first-order valence-electron chi connectivity index (χ1n) is 8.48. The fraction of sp³-hybridized carbons (Fsp3) is 0.200. The van der Waals surface area contributed by atoms with Crippen molar-refractivity contribution in [3.63, 3.8) is 0 Å². The third-order valence-corrected chi connectivity index (χ3v) is 3.70. The number of nitrogens with zero attached hydrogens (tertiary/aromatic N) is 1. The van der Waals surface area contributed by atoms with Crippen molar-refractivity contribution in [3.05, 3.63) is 65.7 Å². The number of methoxy groups -OCH3 is 1. The first kappa shape index (κ1) is 20.6. The Kier molecular flexibility index (Phi) is 7.71. The summed E-state index contributed by atoms with van der Waals surface area (Å²) in [5.74, 6) is -1.63. The molecule has 0 bridgehead atoms. The third-order valence-electron chi connectivity index (χ3n) is 3.70. The molecule has 0 aliphatic heterocycles. The molecule has 0 unspecified atom stereocenters. The summed E-state index contributed by atoms with van der Waals surface area (Å²) in [6.07, 6.45) is 1.38. The van der Waals surface area contributed by atoms with Crippen LogP contribution in [0.3, 0.4) is 0 Å². The molecule has 0 aliphatic rings. The van der Waals surface area contributed by atoms with Crippen LogP contribution in [0.5, 0.6) is 5.75 Å². The zero-order valence-corrected chi connectivity index (χ0v) is 15.5. The Morgan fingerprint density at radius 2 is 1.71 bits per heavy atom. The van der Waals surface area contributed by atoms with Crippen LogP contribution in [0.15, 0.2) is 59.7 Å². The Balaban J connectivity index is 1.80. The molecule has 0 fully saturated rings. The minimum atomic E-state index is -0.864. The summed E-state index contributed by atoms with van der Waals surface area (Å²) < 4.78 is 9.70. The average molecular weight is 383 g/mol. The first-order valence-corrected chi connectivity index (χ1v) is 8.48. The highest BCUT2D eigenvalue weighted by atomic mass is 16.6. The Bertz CT molecular complexity index is 835. The molecule has 2 N–H and O–H groups in total. The van der Waals surface area contributed by atoms with Crippen LogP contribution in [-0.2, 0) is 19.1 Å². The summed E-state index contributed by atoms with van der Waals surface area (Å²) >= 11 is 0. The van der Waals surface area contributed by atoms with E-state index in [1.54, 1.807) is 31.2 Å². The lowest BCUT2D eigenvalue weighted by molar-refractivity contribution is -0.142. The van der Waals surface area contributed by atoms with Crippen molar-refractivity contribution in [2.75, 3.05) is 13.7 Å². The van der Waals surface area contributed by atoms with E-state index in [4.69, 9.17) is 4.74 Å². The van der Waals surface area contributed by atoms with Gasteiger partial charge in [0.15, 0.2) is 6.61 Å². The number of rotatable bonds is 7. The van der Waals surface area contributed by atoms with Gasteiger partial charge in [-0.2, -0.15) is 5.10 Å². The molecule has 8 nitrogen and oxygen atoms in total. The molecule has 146 valence electrons. The van der Waals surface area contributed by atoms with Gasteiger partial charge in [-0.3, -0.25) is 9.59 Å². The second kappa shape index (κ2) is 10.5. The maximum atomic E-state index is 11.9. The summed E-state index contributed by atoms with van der Waals surface area (Å²) in [7, 11) is 1.28. The van der Waals surface area contributed by atoms with E-state index in [0.717, 1.165) is 5.56 Å². The Morgan fingerprint density at radius 3 is 2.36 bits per heavy atom. The van der Waals surface area contributed by atoms with Gasteiger partial charge in [-0.25, -0.2) is 10.2 Å². The highest BCUT2D eigenvalue weighted by Crippen LogP contribution is 2.11. The van der Waals surface area contributed by atoms with Crippen LogP contribution in [0.1, 0.15) is 24.1 Å². The quantitative estimate of drug-likeness (QED) is 0.327. The summed E-state index contributed by atoms with van der Waals surface area (Å²) in [5, 5.41) is 6.36. The van der Waals surface area contributed by atoms with Crippen molar-refractivity contribution in [1.29, 1.82) is 0 Å². The highest BCUT2D eigenvalue weighted by Gasteiger charge is 2.16. The minimum absolute atomic E-state index is 0.184. The summed E-state index contributed by atoms with van der Waals surface area (Å²) in [5.41, 5.74) is 3.74. The fourth-order valence-electron chi connectivity index (χ4n) is 2.15. The number of hydrogen-bond donors (Lipinski definition) is 2. The van der Waals surface area contributed by atoms with Crippen molar-refractivity contribution in [2.45, 2.75) is 13.0 Å². The summed E-state index contributed by atoms with van der Waals surface area (Å²) in [4.78, 5) is 34.8.